The third-order valence-electron chi connectivity index (χ3n) is 2.43. The number of thioether (sulfide) groups is 1. The maximum Gasteiger partial charge on any atom is 0.316 e. The first-order chi connectivity index (χ1) is 9.65. The molecule has 0 fully saturated rings. The van der Waals surface area contributed by atoms with Crippen molar-refractivity contribution in [1.29, 1.82) is 0 Å². The molecule has 0 amide bonds. The Morgan fingerprint density at radius 3 is 3.10 bits per heavy atom. The fourth-order valence-electron chi connectivity index (χ4n) is 1.60. The minimum absolute atomic E-state index is 0.0659. The molecule has 0 aliphatic heterocycles. The number of aromatic nitrogens is 4. The molecule has 2 aromatic rings. The Balaban J connectivity index is 2.24. The van der Waals surface area contributed by atoms with E-state index in [1.165, 1.54) is 10.9 Å². The average Bonchev–Trinajstić information content (AvgIpc) is 2.81. The van der Waals surface area contributed by atoms with Crippen LogP contribution < -0.4 is 5.56 Å². The Hall–Kier alpha value is -1.87. The Labute approximate surface area is 118 Å². The largest absolute Gasteiger partial charge is 0.465 e. The standard InChI is InChI=1S/C11H14N4O4S/c1-2-19-8(17)6-20-11-13-9-7(10(18)14-11)5-12-15(9)3-4-16/h5,16H,2-4,6H2,1H3,(H,13,14,18). The number of ether oxygens (including phenoxy) is 1. The number of nitrogens with zero attached hydrogens (tertiary/aromatic N) is 3. The van der Waals surface area contributed by atoms with E-state index in [1.54, 1.807) is 6.92 Å². The minimum atomic E-state index is -0.371. The van der Waals surface area contributed by atoms with E-state index in [0.29, 0.717) is 22.8 Å². The number of H-pyrrole nitrogens is 1. The zero-order valence-corrected chi connectivity index (χ0v) is 11.6. The molecule has 2 N–H and O–H groups in total. The lowest BCUT2D eigenvalue weighted by Gasteiger charge is -2.03. The van der Waals surface area contributed by atoms with E-state index in [0.717, 1.165) is 11.8 Å². The molecule has 9 heteroatoms. The van der Waals surface area contributed by atoms with E-state index < -0.39 is 0 Å². The van der Waals surface area contributed by atoms with Crippen molar-refractivity contribution in [1.82, 2.24) is 19.7 Å². The van der Waals surface area contributed by atoms with Crippen LogP contribution in [0.2, 0.25) is 0 Å². The molecule has 8 nitrogen and oxygen atoms in total. The lowest BCUT2D eigenvalue weighted by molar-refractivity contribution is -0.139. The smallest absolute Gasteiger partial charge is 0.316 e. The molecular weight excluding hydrogens is 284 g/mol. The maximum absolute atomic E-state index is 11.8. The highest BCUT2D eigenvalue weighted by molar-refractivity contribution is 7.99. The van der Waals surface area contributed by atoms with Crippen molar-refractivity contribution in [2.24, 2.45) is 0 Å². The predicted molar refractivity (Wildman–Crippen MR) is 72.6 cm³/mol. The summed E-state index contributed by atoms with van der Waals surface area (Å²) in [4.78, 5) is 29.9. The second-order valence-corrected chi connectivity index (χ2v) is 4.76. The van der Waals surface area contributed by atoms with Crippen LogP contribution in [0, 0.1) is 0 Å². The lowest BCUT2D eigenvalue weighted by Crippen LogP contribution is -2.13. The van der Waals surface area contributed by atoms with Gasteiger partial charge in [0.05, 0.1) is 31.7 Å². The van der Waals surface area contributed by atoms with Gasteiger partial charge in [0, 0.05) is 0 Å². The van der Waals surface area contributed by atoms with Gasteiger partial charge in [0.15, 0.2) is 10.8 Å². The molecule has 0 atom stereocenters. The van der Waals surface area contributed by atoms with Crippen LogP contribution >= 0.6 is 11.8 Å². The molecule has 2 rings (SSSR count). The number of aliphatic hydroxyl groups excluding tert-OH is 1. The average molecular weight is 298 g/mol. The van der Waals surface area contributed by atoms with Crippen molar-refractivity contribution in [2.45, 2.75) is 18.6 Å². The second-order valence-electron chi connectivity index (χ2n) is 3.79. The van der Waals surface area contributed by atoms with Crippen LogP contribution in [0.3, 0.4) is 0 Å². The van der Waals surface area contributed by atoms with Gasteiger partial charge in [-0.05, 0) is 6.92 Å². The normalized spacial score (nSPS) is 10.9. The van der Waals surface area contributed by atoms with Crippen molar-refractivity contribution >= 4 is 28.8 Å². The van der Waals surface area contributed by atoms with E-state index in [1.807, 2.05) is 0 Å². The molecule has 0 aliphatic carbocycles. The van der Waals surface area contributed by atoms with E-state index in [9.17, 15) is 9.59 Å². The van der Waals surface area contributed by atoms with Crippen LogP contribution in [0.15, 0.2) is 16.1 Å². The Kier molecular flexibility index (Phi) is 4.74. The summed E-state index contributed by atoms with van der Waals surface area (Å²) in [5.41, 5.74) is 0.0553. The molecule has 0 unspecified atom stereocenters. The van der Waals surface area contributed by atoms with Gasteiger partial charge in [-0.2, -0.15) is 5.10 Å². The zero-order valence-electron chi connectivity index (χ0n) is 10.8. The molecule has 0 radical (unpaired) electrons. The lowest BCUT2D eigenvalue weighted by atomic mass is 10.4. The number of fused-ring (bicyclic) bond motifs is 1. The quantitative estimate of drug-likeness (QED) is 0.430. The van der Waals surface area contributed by atoms with Crippen molar-refractivity contribution in [2.75, 3.05) is 19.0 Å². The van der Waals surface area contributed by atoms with Crippen molar-refractivity contribution < 1.29 is 14.6 Å². The molecule has 108 valence electrons. The number of carbonyl (C=O) groups excluding carboxylic acids is 1. The van der Waals surface area contributed by atoms with Crippen LogP contribution in [0.5, 0.6) is 0 Å². The van der Waals surface area contributed by atoms with Gasteiger partial charge in [-0.25, -0.2) is 9.67 Å². The van der Waals surface area contributed by atoms with Crippen LogP contribution in [0.25, 0.3) is 11.0 Å². The highest BCUT2D eigenvalue weighted by Gasteiger charge is 2.11. The number of nitrogens with one attached hydrogen (secondary N) is 1. The Morgan fingerprint density at radius 1 is 1.60 bits per heavy atom. The number of aromatic amines is 1. The summed E-state index contributed by atoms with van der Waals surface area (Å²) in [6, 6.07) is 0. The molecule has 20 heavy (non-hydrogen) atoms. The Morgan fingerprint density at radius 2 is 2.40 bits per heavy atom. The monoisotopic (exact) mass is 298 g/mol. The molecule has 2 heterocycles. The molecule has 0 spiro atoms. The molecule has 0 bridgehead atoms. The molecule has 0 aromatic carbocycles. The van der Waals surface area contributed by atoms with Crippen LogP contribution in [-0.2, 0) is 16.1 Å². The third kappa shape index (κ3) is 3.17. The van der Waals surface area contributed by atoms with Gasteiger partial charge in [0.25, 0.3) is 5.56 Å². The van der Waals surface area contributed by atoms with Gasteiger partial charge in [-0.3, -0.25) is 9.59 Å². The summed E-state index contributed by atoms with van der Waals surface area (Å²) in [7, 11) is 0. The van der Waals surface area contributed by atoms with E-state index in [2.05, 4.69) is 15.1 Å². The summed E-state index contributed by atoms with van der Waals surface area (Å²) in [5.74, 6) is -0.305. The van der Waals surface area contributed by atoms with Gasteiger partial charge >= 0.3 is 5.97 Å². The minimum Gasteiger partial charge on any atom is -0.465 e. The first-order valence-electron chi connectivity index (χ1n) is 6.00. The topological polar surface area (TPSA) is 110 Å². The number of rotatable bonds is 6. The number of aliphatic hydroxyl groups is 1. The van der Waals surface area contributed by atoms with Gasteiger partial charge in [-0.15, -0.1) is 0 Å². The van der Waals surface area contributed by atoms with Gasteiger partial charge < -0.3 is 14.8 Å². The van der Waals surface area contributed by atoms with E-state index in [4.69, 9.17) is 9.84 Å². The fourth-order valence-corrected chi connectivity index (χ4v) is 2.26. The Bertz CT molecular complexity index is 666. The molecule has 0 saturated heterocycles. The first kappa shape index (κ1) is 14.5. The molecular formula is C11H14N4O4S. The summed E-state index contributed by atoms with van der Waals surface area (Å²) >= 11 is 1.08. The predicted octanol–water partition coefficient (Wildman–Crippen LogP) is -0.233. The van der Waals surface area contributed by atoms with Crippen LogP contribution in [-0.4, -0.2) is 49.8 Å². The summed E-state index contributed by atoms with van der Waals surface area (Å²) in [6.07, 6.45) is 1.40. The maximum atomic E-state index is 11.8. The van der Waals surface area contributed by atoms with Gasteiger partial charge in [0.2, 0.25) is 0 Å². The molecule has 0 aliphatic rings. The van der Waals surface area contributed by atoms with Crippen molar-refractivity contribution in [3.05, 3.63) is 16.6 Å². The van der Waals surface area contributed by atoms with Crippen LogP contribution in [0.4, 0.5) is 0 Å². The SMILES string of the molecule is CCOC(=O)CSc1nc2c(cnn2CCO)c(=O)[nH]1. The first-order valence-corrected chi connectivity index (χ1v) is 6.99. The zero-order chi connectivity index (χ0) is 14.5. The van der Waals surface area contributed by atoms with Gasteiger partial charge in [-0.1, -0.05) is 11.8 Å². The van der Waals surface area contributed by atoms with E-state index >= 15 is 0 Å². The number of carbonyl (C=O) groups is 1. The highest BCUT2D eigenvalue weighted by Crippen LogP contribution is 2.14. The number of hydrogen-bond donors (Lipinski definition) is 2. The second kappa shape index (κ2) is 6.53. The van der Waals surface area contributed by atoms with Crippen molar-refractivity contribution in [3.63, 3.8) is 0 Å². The number of esters is 1. The molecule has 0 saturated carbocycles. The van der Waals surface area contributed by atoms with Crippen LogP contribution in [0.1, 0.15) is 6.92 Å². The summed E-state index contributed by atoms with van der Waals surface area (Å²) < 4.78 is 6.24. The van der Waals surface area contributed by atoms with Crippen molar-refractivity contribution in [3.8, 4) is 0 Å². The summed E-state index contributed by atoms with van der Waals surface area (Å²) in [6.45, 7) is 2.19. The fraction of sp³-hybridized carbons (Fsp3) is 0.455. The van der Waals surface area contributed by atoms with E-state index in [-0.39, 0.29) is 30.4 Å². The highest BCUT2D eigenvalue weighted by atomic mass is 32.2. The number of hydrogen-bond acceptors (Lipinski definition) is 7. The molecule has 2 aromatic heterocycles. The summed E-state index contributed by atoms with van der Waals surface area (Å²) in [5, 5.41) is 13.6. The third-order valence-corrected chi connectivity index (χ3v) is 3.27. The van der Waals surface area contributed by atoms with Gasteiger partial charge in [0.1, 0.15) is 5.39 Å².